The second kappa shape index (κ2) is 5.56. The minimum atomic E-state index is -1.88. The second-order valence-electron chi connectivity index (χ2n) is 7.13. The third-order valence-corrected chi connectivity index (χ3v) is 6.01. The molecule has 0 spiro atoms. The van der Waals surface area contributed by atoms with Crippen LogP contribution >= 0.6 is 0 Å². The molecule has 2 heterocycles. The van der Waals surface area contributed by atoms with Crippen LogP contribution in [0.4, 0.5) is 0 Å². The molecule has 0 aromatic heterocycles. The van der Waals surface area contributed by atoms with Gasteiger partial charge in [0.2, 0.25) is 17.1 Å². The van der Waals surface area contributed by atoms with Crippen LogP contribution in [-0.4, -0.2) is 11.7 Å². The highest BCUT2D eigenvalue weighted by Crippen LogP contribution is 2.67. The zero-order valence-electron chi connectivity index (χ0n) is 15.3. The van der Waals surface area contributed by atoms with Crippen molar-refractivity contribution in [3.63, 3.8) is 0 Å². The molecule has 2 bridgehead atoms. The normalized spacial score (nSPS) is 34.3. The van der Waals surface area contributed by atoms with Gasteiger partial charge in [0.15, 0.2) is 5.41 Å². The van der Waals surface area contributed by atoms with E-state index in [-0.39, 0.29) is 5.90 Å². The molecular formula is C20H20N4O2. The predicted octanol–water partition coefficient (Wildman–Crippen LogP) is 3.67. The lowest BCUT2D eigenvalue weighted by atomic mass is 9.53. The van der Waals surface area contributed by atoms with Gasteiger partial charge in [-0.1, -0.05) is 37.6 Å². The van der Waals surface area contributed by atoms with E-state index in [1.54, 1.807) is 6.92 Å². The lowest BCUT2D eigenvalue weighted by molar-refractivity contribution is -0.280. The largest absolute Gasteiger partial charge is 0.447 e. The number of nitriles is 3. The number of hydrogen-bond acceptors (Lipinski definition) is 6. The number of ether oxygens (including phenoxy) is 2. The van der Waals surface area contributed by atoms with Crippen LogP contribution in [0.5, 0.6) is 0 Å². The summed E-state index contributed by atoms with van der Waals surface area (Å²) in [5, 5.41) is 38.6. The van der Waals surface area contributed by atoms with Gasteiger partial charge >= 0.3 is 0 Å². The molecule has 0 radical (unpaired) electrons. The molecule has 2 aliphatic rings. The molecule has 2 fully saturated rings. The van der Waals surface area contributed by atoms with Crippen molar-refractivity contribution in [3.8, 4) is 18.2 Å². The molecule has 6 heteroatoms. The highest BCUT2D eigenvalue weighted by atomic mass is 16.7. The fourth-order valence-corrected chi connectivity index (χ4v) is 4.36. The molecule has 2 aliphatic heterocycles. The number of hydrogen-bond donors (Lipinski definition) is 1. The second-order valence-corrected chi connectivity index (χ2v) is 7.13. The first-order valence-corrected chi connectivity index (χ1v) is 8.55. The summed E-state index contributed by atoms with van der Waals surface area (Å²) in [7, 11) is 0. The highest BCUT2D eigenvalue weighted by Gasteiger charge is 2.78. The summed E-state index contributed by atoms with van der Waals surface area (Å²) in [6.45, 7) is 7.36. The first kappa shape index (κ1) is 17.9. The summed E-state index contributed by atoms with van der Waals surface area (Å²) < 4.78 is 12.0. The first-order chi connectivity index (χ1) is 12.3. The van der Waals surface area contributed by atoms with E-state index in [0.29, 0.717) is 12.0 Å². The summed E-state index contributed by atoms with van der Waals surface area (Å²) in [6.07, 6.45) is -0.593. The summed E-state index contributed by atoms with van der Waals surface area (Å²) in [5.74, 6) is -2.19. The van der Waals surface area contributed by atoms with Gasteiger partial charge in [-0.3, -0.25) is 5.41 Å². The molecule has 0 amide bonds. The van der Waals surface area contributed by atoms with Crippen LogP contribution in [0.3, 0.4) is 0 Å². The van der Waals surface area contributed by atoms with Gasteiger partial charge in [0.1, 0.15) is 6.10 Å². The Morgan fingerprint density at radius 1 is 1.15 bits per heavy atom. The van der Waals surface area contributed by atoms with Crippen molar-refractivity contribution in [3.05, 3.63) is 34.9 Å². The molecule has 26 heavy (non-hydrogen) atoms. The van der Waals surface area contributed by atoms with Crippen molar-refractivity contribution >= 4 is 5.90 Å². The van der Waals surface area contributed by atoms with Crippen molar-refractivity contribution in [1.29, 1.82) is 21.2 Å². The van der Waals surface area contributed by atoms with E-state index in [1.807, 2.05) is 39.0 Å². The lowest BCUT2D eigenvalue weighted by Gasteiger charge is -2.48. The van der Waals surface area contributed by atoms with Crippen LogP contribution in [0.15, 0.2) is 18.2 Å². The minimum Gasteiger partial charge on any atom is -0.447 e. The summed E-state index contributed by atoms with van der Waals surface area (Å²) in [6, 6.07) is 11.9. The molecule has 0 saturated carbocycles. The quantitative estimate of drug-likeness (QED) is 0.876. The molecule has 6 nitrogen and oxygen atoms in total. The lowest BCUT2D eigenvalue weighted by Crippen LogP contribution is -2.58. The third-order valence-electron chi connectivity index (χ3n) is 6.01. The van der Waals surface area contributed by atoms with Crippen molar-refractivity contribution in [2.75, 3.05) is 0 Å². The van der Waals surface area contributed by atoms with Crippen LogP contribution in [0.25, 0.3) is 0 Å². The Balaban J connectivity index is 2.38. The third kappa shape index (κ3) is 1.79. The monoisotopic (exact) mass is 348 g/mol. The zero-order chi connectivity index (χ0) is 19.3. The maximum absolute atomic E-state index is 10.1. The Morgan fingerprint density at radius 3 is 2.35 bits per heavy atom. The van der Waals surface area contributed by atoms with E-state index in [4.69, 9.17) is 14.9 Å². The molecular weight excluding hydrogens is 328 g/mol. The highest BCUT2D eigenvalue weighted by molar-refractivity contribution is 5.89. The van der Waals surface area contributed by atoms with Crippen LogP contribution in [0.2, 0.25) is 0 Å². The summed E-state index contributed by atoms with van der Waals surface area (Å²) in [5.41, 5.74) is -1.08. The number of aryl methyl sites for hydroxylation is 2. The van der Waals surface area contributed by atoms with E-state index >= 15 is 0 Å². The van der Waals surface area contributed by atoms with Gasteiger partial charge in [-0.15, -0.1) is 0 Å². The number of benzene rings is 1. The van der Waals surface area contributed by atoms with Gasteiger partial charge in [-0.25, -0.2) is 0 Å². The standard InChI is InChI=1S/C20H20N4O2/c1-5-20-14(4)19(11-23,17(24)26-20)18(9-21,10-22)16(25-20)15-8-12(2)6-7-13(15)3/h6-8,14,16,24H,5H2,1-4H3. The van der Waals surface area contributed by atoms with E-state index in [9.17, 15) is 15.8 Å². The maximum atomic E-state index is 10.1. The Morgan fingerprint density at radius 2 is 1.81 bits per heavy atom. The van der Waals surface area contributed by atoms with E-state index in [2.05, 4.69) is 18.2 Å². The van der Waals surface area contributed by atoms with Crippen LogP contribution in [0.1, 0.15) is 43.1 Å². The topological polar surface area (TPSA) is 114 Å². The Bertz CT molecular complexity index is 905. The Kier molecular flexibility index (Phi) is 3.83. The molecule has 132 valence electrons. The van der Waals surface area contributed by atoms with Crippen molar-refractivity contribution in [1.82, 2.24) is 0 Å². The smallest absolute Gasteiger partial charge is 0.217 e. The van der Waals surface area contributed by atoms with Crippen LogP contribution in [0, 0.1) is 70.0 Å². The number of fused-ring (bicyclic) bond motifs is 2. The van der Waals surface area contributed by atoms with E-state index < -0.39 is 28.6 Å². The molecule has 0 aliphatic carbocycles. The first-order valence-electron chi connectivity index (χ1n) is 8.55. The molecule has 2 saturated heterocycles. The minimum absolute atomic E-state index is 0.356. The van der Waals surface area contributed by atoms with E-state index in [0.717, 1.165) is 11.1 Å². The van der Waals surface area contributed by atoms with Crippen LogP contribution in [-0.2, 0) is 9.47 Å². The fraction of sp³-hybridized carbons (Fsp3) is 0.500. The maximum Gasteiger partial charge on any atom is 0.217 e. The summed E-state index contributed by atoms with van der Waals surface area (Å²) in [4.78, 5) is 0. The average molecular weight is 348 g/mol. The van der Waals surface area contributed by atoms with Gasteiger partial charge in [-0.2, -0.15) is 15.8 Å². The summed E-state index contributed by atoms with van der Waals surface area (Å²) >= 11 is 0. The Labute approximate surface area is 153 Å². The van der Waals surface area contributed by atoms with Crippen molar-refractivity contribution in [2.45, 2.75) is 46.0 Å². The zero-order valence-corrected chi connectivity index (χ0v) is 15.3. The van der Waals surface area contributed by atoms with Gasteiger partial charge < -0.3 is 9.47 Å². The van der Waals surface area contributed by atoms with Gasteiger partial charge in [-0.05, 0) is 25.0 Å². The van der Waals surface area contributed by atoms with E-state index in [1.165, 1.54) is 0 Å². The van der Waals surface area contributed by atoms with Crippen molar-refractivity contribution < 1.29 is 9.47 Å². The average Bonchev–Trinajstić information content (AvgIpc) is 2.80. The predicted molar refractivity (Wildman–Crippen MR) is 92.4 cm³/mol. The molecule has 1 aromatic rings. The van der Waals surface area contributed by atoms with Gasteiger partial charge in [0, 0.05) is 6.42 Å². The number of nitrogens with zero attached hydrogens (tertiary/aromatic N) is 3. The molecule has 3 rings (SSSR count). The van der Waals surface area contributed by atoms with Crippen LogP contribution < -0.4 is 0 Å². The molecule has 1 N–H and O–H groups in total. The molecule has 1 aromatic carbocycles. The van der Waals surface area contributed by atoms with Gasteiger partial charge in [0.05, 0.1) is 24.1 Å². The molecule has 4 atom stereocenters. The fourth-order valence-electron chi connectivity index (χ4n) is 4.36. The number of rotatable bonds is 2. The number of nitrogens with one attached hydrogen (secondary N) is 1. The van der Waals surface area contributed by atoms with Gasteiger partial charge in [0.25, 0.3) is 0 Å². The Hall–Kier alpha value is -2.88. The van der Waals surface area contributed by atoms with Crippen molar-refractivity contribution in [2.24, 2.45) is 16.7 Å². The molecule has 4 unspecified atom stereocenters. The SMILES string of the molecule is CCC12OC(=N)C(C#N)(C1C)C(C#N)(C#N)C(c1cc(C)ccc1C)O2.